The van der Waals surface area contributed by atoms with Crippen molar-refractivity contribution in [2.24, 2.45) is 5.92 Å². The standard InChI is InChI=1S/C14H15ClN4/c1-9(10-7-8-10)16-14-18-12(17-13(15)19-14)11-5-3-2-4-6-11/h2-6,9-10H,7-8H2,1H3,(H,16,17,18,19). The third kappa shape index (κ3) is 3.01. The molecule has 0 spiro atoms. The molecule has 3 rings (SSSR count). The van der Waals surface area contributed by atoms with Crippen LogP contribution in [0.3, 0.4) is 0 Å². The number of nitrogens with one attached hydrogen (secondary N) is 1. The number of halogens is 1. The highest BCUT2D eigenvalue weighted by atomic mass is 35.5. The summed E-state index contributed by atoms with van der Waals surface area (Å²) < 4.78 is 0. The molecule has 0 aliphatic heterocycles. The molecule has 1 fully saturated rings. The molecule has 1 heterocycles. The first-order valence-electron chi connectivity index (χ1n) is 6.46. The van der Waals surface area contributed by atoms with Crippen molar-refractivity contribution in [1.82, 2.24) is 15.0 Å². The molecule has 0 amide bonds. The maximum atomic E-state index is 5.98. The molecular formula is C14H15ClN4. The zero-order valence-corrected chi connectivity index (χ0v) is 11.4. The van der Waals surface area contributed by atoms with E-state index in [4.69, 9.17) is 11.6 Å². The second-order valence-corrected chi connectivity index (χ2v) is 5.23. The van der Waals surface area contributed by atoms with Crippen LogP contribution in [-0.2, 0) is 0 Å². The number of benzene rings is 1. The Morgan fingerprint density at radius 3 is 2.58 bits per heavy atom. The van der Waals surface area contributed by atoms with Crippen LogP contribution in [0.1, 0.15) is 19.8 Å². The van der Waals surface area contributed by atoms with Crippen LogP contribution >= 0.6 is 11.6 Å². The van der Waals surface area contributed by atoms with Gasteiger partial charge < -0.3 is 5.32 Å². The van der Waals surface area contributed by atoms with Gasteiger partial charge in [-0.25, -0.2) is 0 Å². The Morgan fingerprint density at radius 2 is 1.89 bits per heavy atom. The van der Waals surface area contributed by atoms with Crippen LogP contribution in [0.25, 0.3) is 11.4 Å². The van der Waals surface area contributed by atoms with E-state index in [0.717, 1.165) is 11.5 Å². The minimum atomic E-state index is 0.222. The fraction of sp³-hybridized carbons (Fsp3) is 0.357. The molecular weight excluding hydrogens is 260 g/mol. The molecule has 19 heavy (non-hydrogen) atoms. The van der Waals surface area contributed by atoms with E-state index in [1.54, 1.807) is 0 Å². The predicted molar refractivity (Wildman–Crippen MR) is 76.1 cm³/mol. The summed E-state index contributed by atoms with van der Waals surface area (Å²) in [5.74, 6) is 1.89. The van der Waals surface area contributed by atoms with Gasteiger partial charge in [0.1, 0.15) is 0 Å². The summed E-state index contributed by atoms with van der Waals surface area (Å²) in [6.07, 6.45) is 2.55. The Balaban J connectivity index is 1.87. The monoisotopic (exact) mass is 274 g/mol. The minimum Gasteiger partial charge on any atom is -0.351 e. The Labute approximate surface area is 117 Å². The molecule has 2 aromatic rings. The molecule has 0 saturated heterocycles. The number of rotatable bonds is 4. The molecule has 1 aliphatic carbocycles. The number of nitrogens with zero attached hydrogens (tertiary/aromatic N) is 3. The van der Waals surface area contributed by atoms with Gasteiger partial charge in [-0.3, -0.25) is 0 Å². The molecule has 0 radical (unpaired) electrons. The molecule has 1 saturated carbocycles. The first kappa shape index (κ1) is 12.4. The molecule has 1 atom stereocenters. The van der Waals surface area contributed by atoms with Gasteiger partial charge in [-0.15, -0.1) is 0 Å². The van der Waals surface area contributed by atoms with Crippen molar-refractivity contribution in [2.75, 3.05) is 5.32 Å². The number of hydrogen-bond donors (Lipinski definition) is 1. The number of hydrogen-bond acceptors (Lipinski definition) is 4. The van der Waals surface area contributed by atoms with Crippen LogP contribution in [0.4, 0.5) is 5.95 Å². The first-order valence-corrected chi connectivity index (χ1v) is 6.84. The summed E-state index contributed by atoms with van der Waals surface area (Å²) in [7, 11) is 0. The van der Waals surface area contributed by atoms with E-state index in [-0.39, 0.29) is 5.28 Å². The van der Waals surface area contributed by atoms with E-state index in [1.807, 2.05) is 30.3 Å². The summed E-state index contributed by atoms with van der Waals surface area (Å²) in [5, 5.41) is 3.53. The number of aromatic nitrogens is 3. The van der Waals surface area contributed by atoms with Gasteiger partial charge >= 0.3 is 0 Å². The van der Waals surface area contributed by atoms with Crippen LogP contribution in [0.2, 0.25) is 5.28 Å². The van der Waals surface area contributed by atoms with E-state index >= 15 is 0 Å². The van der Waals surface area contributed by atoms with Gasteiger partial charge in [-0.2, -0.15) is 15.0 Å². The highest BCUT2D eigenvalue weighted by molar-refractivity contribution is 6.28. The number of anilines is 1. The fourth-order valence-electron chi connectivity index (χ4n) is 2.05. The highest BCUT2D eigenvalue weighted by Crippen LogP contribution is 2.33. The topological polar surface area (TPSA) is 50.7 Å². The van der Waals surface area contributed by atoms with Crippen molar-refractivity contribution in [3.8, 4) is 11.4 Å². The Bertz CT molecular complexity index is 569. The predicted octanol–water partition coefficient (Wildman–Crippen LogP) is 3.40. The highest BCUT2D eigenvalue weighted by Gasteiger charge is 2.28. The van der Waals surface area contributed by atoms with E-state index in [1.165, 1.54) is 12.8 Å². The lowest BCUT2D eigenvalue weighted by Gasteiger charge is -2.13. The zero-order chi connectivity index (χ0) is 13.2. The van der Waals surface area contributed by atoms with Gasteiger partial charge in [0.05, 0.1) is 0 Å². The molecule has 98 valence electrons. The van der Waals surface area contributed by atoms with Crippen molar-refractivity contribution < 1.29 is 0 Å². The zero-order valence-electron chi connectivity index (χ0n) is 10.7. The Morgan fingerprint density at radius 1 is 1.16 bits per heavy atom. The van der Waals surface area contributed by atoms with Crippen LogP contribution in [0.15, 0.2) is 30.3 Å². The summed E-state index contributed by atoms with van der Waals surface area (Å²) >= 11 is 5.98. The van der Waals surface area contributed by atoms with Gasteiger partial charge in [0.15, 0.2) is 5.82 Å². The SMILES string of the molecule is CC(Nc1nc(Cl)nc(-c2ccccc2)n1)C1CC1. The quantitative estimate of drug-likeness (QED) is 0.928. The van der Waals surface area contributed by atoms with Gasteiger partial charge in [0.2, 0.25) is 11.2 Å². The smallest absolute Gasteiger partial charge is 0.227 e. The van der Waals surface area contributed by atoms with Gasteiger partial charge in [-0.05, 0) is 37.3 Å². The summed E-state index contributed by atoms with van der Waals surface area (Å²) in [4.78, 5) is 12.8. The lowest BCUT2D eigenvalue weighted by Crippen LogP contribution is -2.19. The Hall–Kier alpha value is -1.68. The van der Waals surface area contributed by atoms with Crippen LogP contribution < -0.4 is 5.32 Å². The average molecular weight is 275 g/mol. The second-order valence-electron chi connectivity index (χ2n) is 4.89. The molecule has 1 N–H and O–H groups in total. The van der Waals surface area contributed by atoms with Gasteiger partial charge in [0, 0.05) is 11.6 Å². The van der Waals surface area contributed by atoms with E-state index < -0.39 is 0 Å². The van der Waals surface area contributed by atoms with Crippen molar-refractivity contribution in [3.05, 3.63) is 35.6 Å². The lowest BCUT2D eigenvalue weighted by atomic mass is 10.2. The maximum absolute atomic E-state index is 5.98. The van der Waals surface area contributed by atoms with E-state index in [9.17, 15) is 0 Å². The van der Waals surface area contributed by atoms with Crippen LogP contribution in [-0.4, -0.2) is 21.0 Å². The van der Waals surface area contributed by atoms with Crippen molar-refractivity contribution >= 4 is 17.5 Å². The molecule has 1 aromatic carbocycles. The normalized spacial score (nSPS) is 16.1. The van der Waals surface area contributed by atoms with Crippen LogP contribution in [0, 0.1) is 5.92 Å². The largest absolute Gasteiger partial charge is 0.351 e. The maximum Gasteiger partial charge on any atom is 0.227 e. The molecule has 1 unspecified atom stereocenters. The second kappa shape index (κ2) is 5.13. The first-order chi connectivity index (χ1) is 9.22. The third-order valence-corrected chi connectivity index (χ3v) is 3.50. The van der Waals surface area contributed by atoms with Gasteiger partial charge in [-0.1, -0.05) is 30.3 Å². The Kier molecular flexibility index (Phi) is 3.34. The lowest BCUT2D eigenvalue weighted by molar-refractivity contribution is 0.685. The molecule has 0 bridgehead atoms. The van der Waals surface area contributed by atoms with Crippen molar-refractivity contribution in [2.45, 2.75) is 25.8 Å². The van der Waals surface area contributed by atoms with E-state index in [0.29, 0.717) is 17.8 Å². The minimum absolute atomic E-state index is 0.222. The molecule has 4 nitrogen and oxygen atoms in total. The molecule has 1 aliphatic rings. The average Bonchev–Trinajstić information content (AvgIpc) is 3.23. The molecule has 5 heteroatoms. The fourth-order valence-corrected chi connectivity index (χ4v) is 2.21. The summed E-state index contributed by atoms with van der Waals surface area (Å²) in [6.45, 7) is 2.15. The summed E-state index contributed by atoms with van der Waals surface area (Å²) in [5.41, 5.74) is 0.939. The third-order valence-electron chi connectivity index (χ3n) is 3.33. The van der Waals surface area contributed by atoms with Gasteiger partial charge in [0.25, 0.3) is 0 Å². The van der Waals surface area contributed by atoms with Crippen LogP contribution in [0.5, 0.6) is 0 Å². The summed E-state index contributed by atoms with van der Waals surface area (Å²) in [6, 6.07) is 10.2. The molecule has 1 aromatic heterocycles. The van der Waals surface area contributed by atoms with Crippen molar-refractivity contribution in [1.29, 1.82) is 0 Å². The van der Waals surface area contributed by atoms with Crippen molar-refractivity contribution in [3.63, 3.8) is 0 Å². The van der Waals surface area contributed by atoms with E-state index in [2.05, 4.69) is 27.2 Å².